The molecule has 1 aromatic heterocycles. The van der Waals surface area contributed by atoms with E-state index in [1.54, 1.807) is 18.2 Å². The number of hydrogen-bond donors (Lipinski definition) is 0. The van der Waals surface area contributed by atoms with Crippen molar-refractivity contribution < 1.29 is 23.4 Å². The van der Waals surface area contributed by atoms with Gasteiger partial charge in [0, 0.05) is 11.6 Å². The van der Waals surface area contributed by atoms with E-state index in [0.29, 0.717) is 28.0 Å². The maximum Gasteiger partial charge on any atom is 0.331 e. The summed E-state index contributed by atoms with van der Waals surface area (Å²) in [5.74, 6) is 1.08. The third-order valence-electron chi connectivity index (χ3n) is 3.93. The molecule has 28 heavy (non-hydrogen) atoms. The zero-order valence-corrected chi connectivity index (χ0v) is 15.6. The Morgan fingerprint density at radius 3 is 3.00 bits per heavy atom. The van der Waals surface area contributed by atoms with Crippen molar-refractivity contribution in [3.05, 3.63) is 64.5 Å². The number of aromatic nitrogens is 2. The minimum atomic E-state index is -0.552. The van der Waals surface area contributed by atoms with Crippen LogP contribution in [0.2, 0.25) is 5.02 Å². The van der Waals surface area contributed by atoms with Gasteiger partial charge in [-0.25, -0.2) is 4.79 Å². The van der Waals surface area contributed by atoms with Crippen LogP contribution in [0.15, 0.2) is 46.9 Å². The number of carbonyl (C=O) groups is 1. The predicted molar refractivity (Wildman–Crippen MR) is 101 cm³/mol. The van der Waals surface area contributed by atoms with Gasteiger partial charge in [-0.05, 0) is 42.8 Å². The lowest BCUT2D eigenvalue weighted by Gasteiger charge is -2.01. The Labute approximate surface area is 165 Å². The van der Waals surface area contributed by atoms with Gasteiger partial charge in [-0.3, -0.25) is 0 Å². The van der Waals surface area contributed by atoms with Crippen LogP contribution in [0.5, 0.6) is 11.5 Å². The van der Waals surface area contributed by atoms with Crippen LogP contribution in [-0.2, 0) is 16.1 Å². The molecule has 142 valence electrons. The summed E-state index contributed by atoms with van der Waals surface area (Å²) in [5, 5.41) is 8.29. The molecule has 1 aliphatic rings. The van der Waals surface area contributed by atoms with Crippen LogP contribution in [0.3, 0.4) is 0 Å². The second-order valence-electron chi connectivity index (χ2n) is 6.05. The number of carbonyl (C=O) groups excluding carboxylic acids is 1. The molecule has 0 radical (unpaired) electrons. The highest BCUT2D eigenvalue weighted by Gasteiger charge is 2.17. The van der Waals surface area contributed by atoms with Gasteiger partial charge in [0.25, 0.3) is 5.89 Å². The average Bonchev–Trinajstić information content (AvgIpc) is 3.34. The van der Waals surface area contributed by atoms with Gasteiger partial charge in [-0.2, -0.15) is 0 Å². The second-order valence-corrected chi connectivity index (χ2v) is 6.46. The molecule has 0 fully saturated rings. The average molecular weight is 399 g/mol. The van der Waals surface area contributed by atoms with Crippen molar-refractivity contribution in [3.8, 4) is 23.0 Å². The van der Waals surface area contributed by atoms with Crippen LogP contribution in [0, 0.1) is 6.92 Å². The van der Waals surface area contributed by atoms with Gasteiger partial charge < -0.3 is 18.6 Å². The van der Waals surface area contributed by atoms with Crippen molar-refractivity contribution in [1.29, 1.82) is 0 Å². The lowest BCUT2D eigenvalue weighted by molar-refractivity contribution is -0.139. The summed E-state index contributed by atoms with van der Waals surface area (Å²) < 4.78 is 21.2. The highest BCUT2D eigenvalue weighted by molar-refractivity contribution is 6.32. The Kier molecular flexibility index (Phi) is 4.99. The first-order valence-electron chi connectivity index (χ1n) is 8.42. The maximum absolute atomic E-state index is 11.9. The molecule has 7 nitrogen and oxygen atoms in total. The Bertz CT molecular complexity index is 1060. The highest BCUT2D eigenvalue weighted by Crippen LogP contribution is 2.40. The van der Waals surface area contributed by atoms with E-state index < -0.39 is 5.97 Å². The predicted octanol–water partition coefficient (Wildman–Crippen LogP) is 4.18. The van der Waals surface area contributed by atoms with E-state index in [9.17, 15) is 4.79 Å². The molecular formula is C20H15ClN2O5. The summed E-state index contributed by atoms with van der Waals surface area (Å²) in [6.07, 6.45) is 2.86. The van der Waals surface area contributed by atoms with E-state index >= 15 is 0 Å². The van der Waals surface area contributed by atoms with Gasteiger partial charge in [-0.15, -0.1) is 10.2 Å². The Hall–Kier alpha value is -3.32. The summed E-state index contributed by atoms with van der Waals surface area (Å²) >= 11 is 6.11. The Balaban J connectivity index is 1.36. The number of rotatable bonds is 5. The van der Waals surface area contributed by atoms with Crippen LogP contribution in [0.25, 0.3) is 17.5 Å². The number of aryl methyl sites for hydroxylation is 1. The topological polar surface area (TPSA) is 83.7 Å². The van der Waals surface area contributed by atoms with Crippen molar-refractivity contribution >= 4 is 23.6 Å². The van der Waals surface area contributed by atoms with E-state index in [1.165, 1.54) is 6.08 Å². The molecule has 4 rings (SSSR count). The first kappa shape index (κ1) is 18.1. The van der Waals surface area contributed by atoms with Gasteiger partial charge in [0.05, 0.1) is 5.02 Å². The van der Waals surface area contributed by atoms with Gasteiger partial charge >= 0.3 is 5.97 Å². The fourth-order valence-corrected chi connectivity index (χ4v) is 2.91. The zero-order chi connectivity index (χ0) is 19.5. The number of hydrogen-bond acceptors (Lipinski definition) is 7. The molecule has 3 aromatic rings. The largest absolute Gasteiger partial charge is 0.454 e. The molecule has 0 spiro atoms. The lowest BCUT2D eigenvalue weighted by Crippen LogP contribution is -2.00. The molecule has 0 saturated carbocycles. The molecule has 0 unspecified atom stereocenters. The Morgan fingerprint density at radius 1 is 1.25 bits per heavy atom. The van der Waals surface area contributed by atoms with Crippen LogP contribution < -0.4 is 9.47 Å². The number of fused-ring (bicyclic) bond motifs is 1. The lowest BCUT2D eigenvalue weighted by atomic mass is 10.1. The zero-order valence-electron chi connectivity index (χ0n) is 14.8. The maximum atomic E-state index is 11.9. The molecule has 1 aliphatic heterocycles. The minimum Gasteiger partial charge on any atom is -0.454 e. The van der Waals surface area contributed by atoms with Gasteiger partial charge in [0.1, 0.15) is 0 Å². The van der Waals surface area contributed by atoms with Crippen molar-refractivity contribution in [2.75, 3.05) is 6.79 Å². The van der Waals surface area contributed by atoms with Crippen molar-refractivity contribution in [2.24, 2.45) is 0 Å². The normalized spacial score (nSPS) is 12.5. The number of esters is 1. The van der Waals surface area contributed by atoms with Crippen molar-refractivity contribution in [1.82, 2.24) is 10.2 Å². The molecule has 0 bridgehead atoms. The van der Waals surface area contributed by atoms with Crippen LogP contribution in [0.1, 0.15) is 17.0 Å². The first-order chi connectivity index (χ1) is 13.6. The molecule has 0 saturated heterocycles. The Morgan fingerprint density at radius 2 is 2.14 bits per heavy atom. The number of nitrogens with zero attached hydrogens (tertiary/aromatic N) is 2. The molecule has 8 heteroatoms. The van der Waals surface area contributed by atoms with Crippen LogP contribution in [-0.4, -0.2) is 23.0 Å². The third-order valence-corrected chi connectivity index (χ3v) is 4.21. The van der Waals surface area contributed by atoms with Crippen LogP contribution >= 0.6 is 11.6 Å². The van der Waals surface area contributed by atoms with Gasteiger partial charge in [0.2, 0.25) is 12.7 Å². The summed E-state index contributed by atoms with van der Waals surface area (Å²) in [4.78, 5) is 11.9. The fourth-order valence-electron chi connectivity index (χ4n) is 2.64. The first-order valence-corrected chi connectivity index (χ1v) is 8.80. The van der Waals surface area contributed by atoms with Crippen molar-refractivity contribution in [3.63, 3.8) is 0 Å². The van der Waals surface area contributed by atoms with Gasteiger partial charge in [-0.1, -0.05) is 29.3 Å². The minimum absolute atomic E-state index is 0.121. The van der Waals surface area contributed by atoms with E-state index in [-0.39, 0.29) is 19.3 Å². The number of benzene rings is 2. The fraction of sp³-hybridized carbons (Fsp3) is 0.150. The van der Waals surface area contributed by atoms with Crippen molar-refractivity contribution in [2.45, 2.75) is 13.5 Å². The quantitative estimate of drug-likeness (QED) is 0.470. The highest BCUT2D eigenvalue weighted by atomic mass is 35.5. The number of halogens is 1. The van der Waals surface area contributed by atoms with E-state index in [4.69, 9.17) is 30.2 Å². The standard InChI is InChI=1S/C20H15ClN2O5/c1-12-3-2-4-14(7-12)20-23-22-17(28-20)10-25-18(24)6-5-13-8-15(21)19-16(9-13)26-11-27-19/h2-9H,10-11H2,1H3/b6-5+. The second kappa shape index (κ2) is 7.74. The molecule has 0 N–H and O–H groups in total. The molecule has 0 atom stereocenters. The summed E-state index contributed by atoms with van der Waals surface area (Å²) in [6.45, 7) is 1.98. The molecule has 0 aliphatic carbocycles. The van der Waals surface area contributed by atoms with E-state index in [1.807, 2.05) is 31.2 Å². The van der Waals surface area contributed by atoms with Gasteiger partial charge in [0.15, 0.2) is 18.1 Å². The molecule has 2 aromatic carbocycles. The summed E-state index contributed by atoms with van der Waals surface area (Å²) in [5.41, 5.74) is 2.58. The van der Waals surface area contributed by atoms with E-state index in [0.717, 1.165) is 11.1 Å². The third kappa shape index (κ3) is 3.99. The molecule has 0 amide bonds. The monoisotopic (exact) mass is 398 g/mol. The summed E-state index contributed by atoms with van der Waals surface area (Å²) in [7, 11) is 0. The SMILES string of the molecule is Cc1cccc(-c2nnc(COC(=O)/C=C/c3cc(Cl)c4c(c3)OCO4)o2)c1. The van der Waals surface area contributed by atoms with E-state index in [2.05, 4.69) is 10.2 Å². The summed E-state index contributed by atoms with van der Waals surface area (Å²) in [6, 6.07) is 11.1. The molecule has 2 heterocycles. The smallest absolute Gasteiger partial charge is 0.331 e. The number of ether oxygens (including phenoxy) is 3. The molecular weight excluding hydrogens is 384 g/mol. The van der Waals surface area contributed by atoms with Crippen LogP contribution in [0.4, 0.5) is 0 Å².